The summed E-state index contributed by atoms with van der Waals surface area (Å²) in [6, 6.07) is 0. The lowest BCUT2D eigenvalue weighted by Crippen LogP contribution is -2.38. The van der Waals surface area contributed by atoms with E-state index in [0.29, 0.717) is 5.92 Å². The van der Waals surface area contributed by atoms with E-state index in [1.165, 1.54) is 0 Å². The first kappa shape index (κ1) is 6.60. The normalized spacial score (nSPS) is 23.6. The highest BCUT2D eigenvalue weighted by Crippen LogP contribution is 2.12. The van der Waals surface area contributed by atoms with Gasteiger partial charge in [-0.25, -0.2) is 5.01 Å². The Morgan fingerprint density at radius 2 is 2.00 bits per heavy atom. The molecule has 1 aliphatic rings. The molecule has 2 N–H and O–H groups in total. The lowest BCUT2D eigenvalue weighted by molar-refractivity contribution is 0.211. The van der Waals surface area contributed by atoms with Crippen LogP contribution < -0.4 is 5.84 Å². The molecule has 1 heterocycles. The van der Waals surface area contributed by atoms with Gasteiger partial charge in [-0.1, -0.05) is 0 Å². The van der Waals surface area contributed by atoms with Gasteiger partial charge in [0.25, 0.3) is 0 Å². The molecule has 0 aromatic rings. The number of terminal acetylenes is 1. The molecule has 1 fully saturated rings. The molecule has 0 atom stereocenters. The molecule has 50 valence electrons. The summed E-state index contributed by atoms with van der Waals surface area (Å²) in [7, 11) is 0. The van der Waals surface area contributed by atoms with Gasteiger partial charge in [-0.2, -0.15) is 0 Å². The van der Waals surface area contributed by atoms with E-state index in [9.17, 15) is 0 Å². The van der Waals surface area contributed by atoms with Crippen molar-refractivity contribution in [2.24, 2.45) is 11.8 Å². The largest absolute Gasteiger partial charge is 0.269 e. The minimum absolute atomic E-state index is 0.477. The van der Waals surface area contributed by atoms with Crippen molar-refractivity contribution in [3.63, 3.8) is 0 Å². The maximum absolute atomic E-state index is 5.52. The second-order valence-corrected chi connectivity index (χ2v) is 2.48. The molecule has 0 bridgehead atoms. The standard InChI is InChI=1S/C7H12N2/c1-2-7-3-5-9(8)6-4-7/h1,7H,3-6,8H2. The fourth-order valence-electron chi connectivity index (χ4n) is 1.07. The molecule has 0 saturated carbocycles. The Morgan fingerprint density at radius 1 is 1.44 bits per heavy atom. The zero-order valence-corrected chi connectivity index (χ0v) is 5.51. The van der Waals surface area contributed by atoms with E-state index in [2.05, 4.69) is 5.92 Å². The lowest BCUT2D eigenvalue weighted by Gasteiger charge is -2.24. The van der Waals surface area contributed by atoms with Crippen LogP contribution in [0.25, 0.3) is 0 Å². The van der Waals surface area contributed by atoms with Crippen molar-refractivity contribution in [1.82, 2.24) is 5.01 Å². The van der Waals surface area contributed by atoms with Crippen molar-refractivity contribution in [1.29, 1.82) is 0 Å². The van der Waals surface area contributed by atoms with Gasteiger partial charge < -0.3 is 0 Å². The molecule has 1 aliphatic heterocycles. The lowest BCUT2D eigenvalue weighted by atomic mass is 9.99. The van der Waals surface area contributed by atoms with Gasteiger partial charge in [0.05, 0.1) is 0 Å². The maximum atomic E-state index is 5.52. The highest BCUT2D eigenvalue weighted by molar-refractivity contribution is 4.94. The average molecular weight is 124 g/mol. The molecule has 0 spiro atoms. The number of hydrogen-bond donors (Lipinski definition) is 1. The average Bonchev–Trinajstić information content (AvgIpc) is 1.90. The monoisotopic (exact) mass is 124 g/mol. The molecule has 0 amide bonds. The van der Waals surface area contributed by atoms with Crippen LogP contribution in [-0.4, -0.2) is 18.1 Å². The summed E-state index contributed by atoms with van der Waals surface area (Å²) in [5, 5.41) is 1.83. The minimum atomic E-state index is 0.477. The van der Waals surface area contributed by atoms with Crippen molar-refractivity contribution in [2.75, 3.05) is 13.1 Å². The SMILES string of the molecule is C#CC1CCN(N)CC1. The van der Waals surface area contributed by atoms with E-state index in [4.69, 9.17) is 12.3 Å². The first-order valence-electron chi connectivity index (χ1n) is 3.28. The van der Waals surface area contributed by atoms with E-state index in [1.54, 1.807) is 0 Å². The van der Waals surface area contributed by atoms with Crippen molar-refractivity contribution in [2.45, 2.75) is 12.8 Å². The van der Waals surface area contributed by atoms with Crippen LogP contribution in [0.3, 0.4) is 0 Å². The van der Waals surface area contributed by atoms with Crippen LogP contribution in [0.5, 0.6) is 0 Å². The van der Waals surface area contributed by atoms with Crippen LogP contribution >= 0.6 is 0 Å². The predicted octanol–water partition coefficient (Wildman–Crippen LogP) is 0.205. The summed E-state index contributed by atoms with van der Waals surface area (Å²) >= 11 is 0. The van der Waals surface area contributed by atoms with Crippen LogP contribution in [-0.2, 0) is 0 Å². The molecular formula is C7H12N2. The van der Waals surface area contributed by atoms with E-state index in [1.807, 2.05) is 5.01 Å². The molecule has 0 unspecified atom stereocenters. The van der Waals surface area contributed by atoms with Crippen LogP contribution in [0.15, 0.2) is 0 Å². The van der Waals surface area contributed by atoms with Crippen LogP contribution in [0.2, 0.25) is 0 Å². The molecule has 0 aliphatic carbocycles. The third-order valence-corrected chi connectivity index (χ3v) is 1.77. The number of rotatable bonds is 0. The first-order valence-corrected chi connectivity index (χ1v) is 3.28. The Hall–Kier alpha value is -0.520. The van der Waals surface area contributed by atoms with Crippen LogP contribution in [0, 0.1) is 18.3 Å². The molecule has 0 radical (unpaired) electrons. The van der Waals surface area contributed by atoms with E-state index in [-0.39, 0.29) is 0 Å². The third-order valence-electron chi connectivity index (χ3n) is 1.77. The fourth-order valence-corrected chi connectivity index (χ4v) is 1.07. The maximum Gasteiger partial charge on any atom is 0.0225 e. The van der Waals surface area contributed by atoms with Crippen LogP contribution in [0.4, 0.5) is 0 Å². The van der Waals surface area contributed by atoms with Gasteiger partial charge in [0.2, 0.25) is 0 Å². The minimum Gasteiger partial charge on any atom is -0.269 e. The Kier molecular flexibility index (Phi) is 2.10. The van der Waals surface area contributed by atoms with E-state index >= 15 is 0 Å². The van der Waals surface area contributed by atoms with Crippen molar-refractivity contribution in [3.05, 3.63) is 0 Å². The molecule has 1 saturated heterocycles. The Morgan fingerprint density at radius 3 is 2.44 bits per heavy atom. The number of hydrazine groups is 1. The molecule has 2 heteroatoms. The van der Waals surface area contributed by atoms with Gasteiger partial charge in [-0.3, -0.25) is 5.84 Å². The third kappa shape index (κ3) is 1.70. The quantitative estimate of drug-likeness (QED) is 0.369. The molecule has 9 heavy (non-hydrogen) atoms. The van der Waals surface area contributed by atoms with Crippen molar-refractivity contribution >= 4 is 0 Å². The summed E-state index contributed by atoms with van der Waals surface area (Å²) in [4.78, 5) is 0. The highest BCUT2D eigenvalue weighted by atomic mass is 15.4. The van der Waals surface area contributed by atoms with Gasteiger partial charge in [0.1, 0.15) is 0 Å². The summed E-state index contributed by atoms with van der Waals surface area (Å²) in [5.74, 6) is 8.74. The van der Waals surface area contributed by atoms with E-state index < -0.39 is 0 Å². The second kappa shape index (κ2) is 2.86. The smallest absolute Gasteiger partial charge is 0.0225 e. The van der Waals surface area contributed by atoms with E-state index in [0.717, 1.165) is 25.9 Å². The van der Waals surface area contributed by atoms with Gasteiger partial charge in [0.15, 0.2) is 0 Å². The molecule has 0 aromatic carbocycles. The fraction of sp³-hybridized carbons (Fsp3) is 0.714. The Balaban J connectivity index is 2.28. The number of piperidine rings is 1. The van der Waals surface area contributed by atoms with Crippen LogP contribution in [0.1, 0.15) is 12.8 Å². The van der Waals surface area contributed by atoms with Crippen molar-refractivity contribution < 1.29 is 0 Å². The summed E-state index contributed by atoms with van der Waals surface area (Å²) < 4.78 is 0. The van der Waals surface area contributed by atoms with Gasteiger partial charge in [0, 0.05) is 19.0 Å². The summed E-state index contributed by atoms with van der Waals surface area (Å²) in [6.45, 7) is 1.91. The predicted molar refractivity (Wildman–Crippen MR) is 37.3 cm³/mol. The molecule has 2 nitrogen and oxygen atoms in total. The number of nitrogens with two attached hydrogens (primary N) is 1. The summed E-state index contributed by atoms with van der Waals surface area (Å²) in [5.41, 5.74) is 0. The van der Waals surface area contributed by atoms with Gasteiger partial charge in [-0.15, -0.1) is 12.3 Å². The van der Waals surface area contributed by atoms with Gasteiger partial charge in [-0.05, 0) is 12.8 Å². The first-order chi connectivity index (χ1) is 4.33. The van der Waals surface area contributed by atoms with Crippen molar-refractivity contribution in [3.8, 4) is 12.3 Å². The molecular weight excluding hydrogens is 112 g/mol. The number of hydrogen-bond acceptors (Lipinski definition) is 2. The topological polar surface area (TPSA) is 29.3 Å². The molecule has 1 rings (SSSR count). The zero-order valence-electron chi connectivity index (χ0n) is 5.51. The summed E-state index contributed by atoms with van der Waals surface area (Å²) in [6.07, 6.45) is 7.36. The second-order valence-electron chi connectivity index (χ2n) is 2.48. The Labute approximate surface area is 56.0 Å². The molecule has 0 aromatic heterocycles. The highest BCUT2D eigenvalue weighted by Gasteiger charge is 2.13. The zero-order chi connectivity index (χ0) is 6.69. The Bertz CT molecular complexity index is 117. The number of nitrogens with zero attached hydrogens (tertiary/aromatic N) is 1. The van der Waals surface area contributed by atoms with Gasteiger partial charge >= 0.3 is 0 Å².